The van der Waals surface area contributed by atoms with Gasteiger partial charge in [-0.1, -0.05) is 44.2 Å². The van der Waals surface area contributed by atoms with E-state index in [0.717, 1.165) is 4.70 Å². The number of aliphatic imine (C=N–C) groups is 1. The van der Waals surface area contributed by atoms with Crippen LogP contribution in [0.1, 0.15) is 20.8 Å². The predicted octanol–water partition coefficient (Wildman–Crippen LogP) is 1.77. The highest BCUT2D eigenvalue weighted by Crippen LogP contribution is 2.22. The van der Waals surface area contributed by atoms with Crippen molar-refractivity contribution in [2.75, 3.05) is 0 Å². The molecular formula is C14H16N4O2S. The standard InChI is InChI=1S/C14H16N4O2S/c1-14(2,3)11(20)17-12(15)18-13-16-10(19)8-6-4-5-7-9(8)21-13/h4-7H,1-3H3,(H3,15,16,17,18,19,20). The summed E-state index contributed by atoms with van der Waals surface area (Å²) in [4.78, 5) is 31.5. The first-order chi connectivity index (χ1) is 9.77. The van der Waals surface area contributed by atoms with Gasteiger partial charge in [0, 0.05) is 10.1 Å². The number of amides is 1. The van der Waals surface area contributed by atoms with Crippen molar-refractivity contribution in [3.8, 4) is 0 Å². The molecule has 1 aromatic carbocycles. The molecule has 0 saturated heterocycles. The number of carbonyl (C=O) groups is 1. The van der Waals surface area contributed by atoms with Gasteiger partial charge in [0.05, 0.1) is 5.39 Å². The van der Waals surface area contributed by atoms with Gasteiger partial charge in [-0.25, -0.2) is 0 Å². The number of rotatable bonds is 1. The number of aromatic nitrogens is 1. The fourth-order valence-electron chi connectivity index (χ4n) is 1.48. The van der Waals surface area contributed by atoms with Crippen LogP contribution in [0.2, 0.25) is 0 Å². The molecular weight excluding hydrogens is 288 g/mol. The van der Waals surface area contributed by atoms with Crippen LogP contribution in [-0.2, 0) is 4.79 Å². The van der Waals surface area contributed by atoms with Gasteiger partial charge in [0.1, 0.15) is 0 Å². The molecule has 2 rings (SSSR count). The molecule has 0 bridgehead atoms. The molecule has 1 heterocycles. The lowest BCUT2D eigenvalue weighted by molar-refractivity contribution is -0.126. The average molecular weight is 304 g/mol. The van der Waals surface area contributed by atoms with Gasteiger partial charge in [0.15, 0.2) is 0 Å². The molecule has 0 saturated carbocycles. The van der Waals surface area contributed by atoms with Crippen LogP contribution in [0.25, 0.3) is 10.1 Å². The van der Waals surface area contributed by atoms with Gasteiger partial charge in [-0.3, -0.25) is 14.9 Å². The summed E-state index contributed by atoms with van der Waals surface area (Å²) in [7, 11) is 0. The fraction of sp³-hybridized carbons (Fsp3) is 0.286. The van der Waals surface area contributed by atoms with Crippen LogP contribution in [-0.4, -0.2) is 16.9 Å². The average Bonchev–Trinajstić information content (AvgIpc) is 2.37. The minimum absolute atomic E-state index is 0.0756. The molecule has 3 N–H and O–H groups in total. The largest absolute Gasteiger partial charge is 0.369 e. The van der Waals surface area contributed by atoms with Crippen LogP contribution in [0.4, 0.5) is 5.13 Å². The molecule has 0 aliphatic carbocycles. The normalized spacial score (nSPS) is 12.4. The molecule has 7 heteroatoms. The summed E-state index contributed by atoms with van der Waals surface area (Å²) in [5, 5.41) is 3.24. The molecule has 0 unspecified atom stereocenters. The second-order valence-electron chi connectivity index (χ2n) is 5.50. The summed E-state index contributed by atoms with van der Waals surface area (Å²) in [6, 6.07) is 7.13. The van der Waals surface area contributed by atoms with E-state index in [2.05, 4.69) is 15.3 Å². The van der Waals surface area contributed by atoms with Gasteiger partial charge in [-0.05, 0) is 12.1 Å². The summed E-state index contributed by atoms with van der Waals surface area (Å²) < 4.78 is 0.770. The molecule has 0 radical (unpaired) electrons. The first-order valence-corrected chi connectivity index (χ1v) is 7.14. The van der Waals surface area contributed by atoms with Crippen LogP contribution < -0.4 is 16.6 Å². The van der Waals surface area contributed by atoms with E-state index in [1.165, 1.54) is 11.3 Å². The van der Waals surface area contributed by atoms with E-state index in [1.54, 1.807) is 32.9 Å². The molecule has 6 nitrogen and oxygen atoms in total. The van der Waals surface area contributed by atoms with Gasteiger partial charge in [0.25, 0.3) is 5.56 Å². The van der Waals surface area contributed by atoms with Crippen molar-refractivity contribution in [3.05, 3.63) is 34.6 Å². The molecule has 110 valence electrons. The van der Waals surface area contributed by atoms with Gasteiger partial charge in [0.2, 0.25) is 17.0 Å². The fourth-order valence-corrected chi connectivity index (χ4v) is 2.36. The first kappa shape index (κ1) is 15.1. The summed E-state index contributed by atoms with van der Waals surface area (Å²) in [6.07, 6.45) is 0. The smallest absolute Gasteiger partial charge is 0.281 e. The Kier molecular flexibility index (Phi) is 4.04. The second kappa shape index (κ2) is 5.61. The van der Waals surface area contributed by atoms with Crippen LogP contribution in [0.5, 0.6) is 0 Å². The summed E-state index contributed by atoms with van der Waals surface area (Å²) in [5.41, 5.74) is 4.74. The molecule has 0 aliphatic rings. The van der Waals surface area contributed by atoms with Crippen molar-refractivity contribution in [2.24, 2.45) is 16.1 Å². The van der Waals surface area contributed by atoms with Gasteiger partial charge in [-0.2, -0.15) is 9.98 Å². The first-order valence-electron chi connectivity index (χ1n) is 6.33. The maximum Gasteiger partial charge on any atom is 0.281 e. The van der Waals surface area contributed by atoms with Crippen LogP contribution in [0.3, 0.4) is 0 Å². The number of guanidine groups is 1. The maximum atomic E-state index is 11.9. The van der Waals surface area contributed by atoms with Crippen molar-refractivity contribution in [2.45, 2.75) is 20.8 Å². The van der Waals surface area contributed by atoms with Crippen molar-refractivity contribution in [1.82, 2.24) is 10.3 Å². The Morgan fingerprint density at radius 2 is 2.00 bits per heavy atom. The van der Waals surface area contributed by atoms with E-state index < -0.39 is 5.41 Å². The van der Waals surface area contributed by atoms with Crippen LogP contribution in [0.15, 0.2) is 34.1 Å². The highest BCUT2D eigenvalue weighted by atomic mass is 32.1. The number of nitrogens with zero attached hydrogens (tertiary/aromatic N) is 2. The second-order valence-corrected chi connectivity index (χ2v) is 6.51. The Labute approximate surface area is 125 Å². The quantitative estimate of drug-likeness (QED) is 0.619. The molecule has 0 aliphatic heterocycles. The minimum atomic E-state index is -0.579. The minimum Gasteiger partial charge on any atom is -0.369 e. The molecule has 1 amide bonds. The lowest BCUT2D eigenvalue weighted by Crippen LogP contribution is -2.42. The van der Waals surface area contributed by atoms with Crippen molar-refractivity contribution in [3.63, 3.8) is 0 Å². The molecule has 0 spiro atoms. The van der Waals surface area contributed by atoms with E-state index in [0.29, 0.717) is 5.39 Å². The zero-order valence-electron chi connectivity index (χ0n) is 12.0. The summed E-state index contributed by atoms with van der Waals surface area (Å²) >= 11 is 1.23. The van der Waals surface area contributed by atoms with Gasteiger partial charge in [-0.15, -0.1) is 0 Å². The molecule has 1 aromatic heterocycles. The topological polar surface area (TPSA) is 97.4 Å². The van der Waals surface area contributed by atoms with E-state index in [9.17, 15) is 9.59 Å². The Morgan fingerprint density at radius 1 is 1.33 bits per heavy atom. The zero-order chi connectivity index (χ0) is 15.6. The molecule has 0 atom stereocenters. The number of nitrogens with two attached hydrogens (primary N) is 1. The third-order valence-electron chi connectivity index (χ3n) is 2.65. The number of carbonyl (C=O) groups excluding carboxylic acids is 1. The number of nitrogens with one attached hydrogen (secondary N) is 1. The van der Waals surface area contributed by atoms with Gasteiger partial charge >= 0.3 is 0 Å². The maximum absolute atomic E-state index is 11.9. The van der Waals surface area contributed by atoms with Gasteiger partial charge < -0.3 is 5.73 Å². The SMILES string of the molecule is CC(C)(C)C(=O)N/C(N)=N\c1nc(=O)c2ccccc2s1. The van der Waals surface area contributed by atoms with Crippen molar-refractivity contribution >= 4 is 38.4 Å². The Morgan fingerprint density at radius 3 is 2.67 bits per heavy atom. The third-order valence-corrected chi connectivity index (χ3v) is 3.60. The Balaban J connectivity index is 2.33. The third kappa shape index (κ3) is 3.63. The highest BCUT2D eigenvalue weighted by Gasteiger charge is 2.21. The molecule has 2 aromatic rings. The van der Waals surface area contributed by atoms with Crippen molar-refractivity contribution in [1.29, 1.82) is 0 Å². The lowest BCUT2D eigenvalue weighted by Gasteiger charge is -2.16. The predicted molar refractivity (Wildman–Crippen MR) is 84.8 cm³/mol. The lowest BCUT2D eigenvalue weighted by atomic mass is 9.96. The zero-order valence-corrected chi connectivity index (χ0v) is 12.8. The number of hydrogen-bond donors (Lipinski definition) is 2. The molecule has 21 heavy (non-hydrogen) atoms. The number of fused-ring (bicyclic) bond motifs is 1. The molecule has 0 fully saturated rings. The van der Waals surface area contributed by atoms with E-state index in [-0.39, 0.29) is 22.6 Å². The van der Waals surface area contributed by atoms with Crippen LogP contribution >= 0.6 is 11.3 Å². The summed E-state index contributed by atoms with van der Waals surface area (Å²) in [5.74, 6) is -0.328. The Bertz CT molecular complexity index is 774. The number of hydrogen-bond acceptors (Lipinski definition) is 5. The van der Waals surface area contributed by atoms with E-state index >= 15 is 0 Å². The van der Waals surface area contributed by atoms with E-state index in [1.807, 2.05) is 12.1 Å². The monoisotopic (exact) mass is 304 g/mol. The number of benzene rings is 1. The van der Waals surface area contributed by atoms with Crippen molar-refractivity contribution < 1.29 is 4.79 Å². The highest BCUT2D eigenvalue weighted by molar-refractivity contribution is 7.21. The van der Waals surface area contributed by atoms with E-state index in [4.69, 9.17) is 5.73 Å². The Hall–Kier alpha value is -2.28. The van der Waals surface area contributed by atoms with Crippen LogP contribution in [0, 0.1) is 5.41 Å². The summed E-state index contributed by atoms with van der Waals surface area (Å²) in [6.45, 7) is 5.30.